The summed E-state index contributed by atoms with van der Waals surface area (Å²) in [6.07, 6.45) is 8.50. The lowest BCUT2D eigenvalue weighted by molar-refractivity contribution is 0.0272. The summed E-state index contributed by atoms with van der Waals surface area (Å²) < 4.78 is 5.55. The molecule has 0 unspecified atom stereocenters. The van der Waals surface area contributed by atoms with Crippen molar-refractivity contribution in [3.63, 3.8) is 0 Å². The van der Waals surface area contributed by atoms with Crippen LogP contribution >= 0.6 is 0 Å². The lowest BCUT2D eigenvalue weighted by Crippen LogP contribution is -2.53. The van der Waals surface area contributed by atoms with Gasteiger partial charge >= 0.3 is 0 Å². The smallest absolute Gasteiger partial charge is 0.122 e. The van der Waals surface area contributed by atoms with Crippen LogP contribution in [0.15, 0.2) is 18.2 Å². The maximum Gasteiger partial charge on any atom is 0.122 e. The molecule has 2 fully saturated rings. The first-order valence-corrected chi connectivity index (χ1v) is 8.49. The topological polar surface area (TPSA) is 21.3 Å². The van der Waals surface area contributed by atoms with Gasteiger partial charge in [0, 0.05) is 12.0 Å². The second-order valence-corrected chi connectivity index (χ2v) is 7.31. The number of hydrogen-bond donors (Lipinski definition) is 1. The van der Waals surface area contributed by atoms with Crippen molar-refractivity contribution in [1.29, 1.82) is 0 Å². The number of aryl methyl sites for hydroxylation is 1. The Morgan fingerprint density at radius 2 is 1.90 bits per heavy atom. The van der Waals surface area contributed by atoms with E-state index in [1.165, 1.54) is 49.7 Å². The van der Waals surface area contributed by atoms with Gasteiger partial charge in [-0.25, -0.2) is 0 Å². The molecule has 2 heteroatoms. The van der Waals surface area contributed by atoms with E-state index >= 15 is 0 Å². The van der Waals surface area contributed by atoms with Crippen molar-refractivity contribution in [2.24, 2.45) is 5.41 Å². The Labute approximate surface area is 129 Å². The molecule has 2 saturated carbocycles. The average Bonchev–Trinajstić information content (AvgIpc) is 2.93. The number of rotatable bonds is 5. The van der Waals surface area contributed by atoms with Crippen LogP contribution in [0.4, 0.5) is 0 Å². The highest BCUT2D eigenvalue weighted by Gasteiger charge is 2.55. The van der Waals surface area contributed by atoms with Crippen LogP contribution in [-0.2, 0) is 5.41 Å². The molecule has 116 valence electrons. The van der Waals surface area contributed by atoms with E-state index in [9.17, 15) is 0 Å². The summed E-state index contributed by atoms with van der Waals surface area (Å²) >= 11 is 0. The van der Waals surface area contributed by atoms with Gasteiger partial charge in [-0.3, -0.25) is 0 Å². The Morgan fingerprint density at radius 1 is 1.19 bits per heavy atom. The van der Waals surface area contributed by atoms with E-state index in [1.54, 1.807) is 7.11 Å². The Bertz CT molecular complexity index is 494. The fourth-order valence-electron chi connectivity index (χ4n) is 4.81. The van der Waals surface area contributed by atoms with Crippen LogP contribution in [-0.4, -0.2) is 20.2 Å². The molecule has 0 radical (unpaired) electrons. The van der Waals surface area contributed by atoms with Crippen molar-refractivity contribution < 1.29 is 4.74 Å². The predicted octanol–water partition coefficient (Wildman–Crippen LogP) is 4.21. The minimum atomic E-state index is 0.335. The maximum absolute atomic E-state index is 5.55. The summed E-state index contributed by atoms with van der Waals surface area (Å²) in [6, 6.07) is 6.84. The molecular formula is C19H29NO. The van der Waals surface area contributed by atoms with E-state index < -0.39 is 0 Å². The molecule has 0 aromatic heterocycles. The first-order chi connectivity index (χ1) is 10.1. The van der Waals surface area contributed by atoms with Crippen LogP contribution in [0.25, 0.3) is 0 Å². The minimum Gasteiger partial charge on any atom is -0.496 e. The average molecular weight is 287 g/mol. The Kier molecular flexibility index (Phi) is 4.00. The summed E-state index contributed by atoms with van der Waals surface area (Å²) in [5.74, 6) is 1.04. The van der Waals surface area contributed by atoms with E-state index in [1.807, 2.05) is 0 Å². The molecule has 0 heterocycles. The van der Waals surface area contributed by atoms with Crippen LogP contribution < -0.4 is 10.1 Å². The molecule has 21 heavy (non-hydrogen) atoms. The van der Waals surface area contributed by atoms with Gasteiger partial charge in [0.1, 0.15) is 5.75 Å². The van der Waals surface area contributed by atoms with Gasteiger partial charge in [-0.15, -0.1) is 0 Å². The summed E-state index contributed by atoms with van der Waals surface area (Å²) in [5, 5.41) is 3.61. The number of methoxy groups -OCH3 is 1. The predicted molar refractivity (Wildman–Crippen MR) is 88.1 cm³/mol. The Morgan fingerprint density at radius 3 is 2.52 bits per heavy atom. The van der Waals surface area contributed by atoms with Crippen molar-refractivity contribution in [2.75, 3.05) is 20.2 Å². The quantitative estimate of drug-likeness (QED) is 0.876. The van der Waals surface area contributed by atoms with Gasteiger partial charge in [0.25, 0.3) is 0 Å². The van der Waals surface area contributed by atoms with E-state index in [0.29, 0.717) is 10.8 Å². The summed E-state index contributed by atoms with van der Waals surface area (Å²) in [4.78, 5) is 0. The van der Waals surface area contributed by atoms with Crippen molar-refractivity contribution in [3.8, 4) is 5.75 Å². The van der Waals surface area contributed by atoms with E-state index in [-0.39, 0.29) is 0 Å². The Balaban J connectivity index is 1.86. The zero-order chi connectivity index (χ0) is 14.9. The molecule has 2 nitrogen and oxygen atoms in total. The monoisotopic (exact) mass is 287 g/mol. The molecule has 0 aliphatic heterocycles. The van der Waals surface area contributed by atoms with E-state index in [2.05, 4.69) is 37.4 Å². The minimum absolute atomic E-state index is 0.335. The van der Waals surface area contributed by atoms with Crippen LogP contribution in [0.5, 0.6) is 5.75 Å². The molecule has 1 spiro atoms. The summed E-state index contributed by atoms with van der Waals surface area (Å²) in [6.45, 7) is 6.49. The fraction of sp³-hybridized carbons (Fsp3) is 0.684. The standard InChI is InChI=1S/C19H29NO/c1-4-20-14-19(12-18(13-19)9-5-6-10-18)16-8-7-15(2)17(11-16)21-3/h7-8,11,20H,4-6,9-10,12-14H2,1-3H3. The summed E-state index contributed by atoms with van der Waals surface area (Å²) in [5.41, 5.74) is 3.70. The summed E-state index contributed by atoms with van der Waals surface area (Å²) in [7, 11) is 1.78. The molecule has 2 aliphatic rings. The highest BCUT2D eigenvalue weighted by atomic mass is 16.5. The normalized spacial score (nSPS) is 22.2. The van der Waals surface area contributed by atoms with Crippen molar-refractivity contribution in [1.82, 2.24) is 5.32 Å². The van der Waals surface area contributed by atoms with Gasteiger partial charge in [0.15, 0.2) is 0 Å². The molecule has 1 aromatic carbocycles. The van der Waals surface area contributed by atoms with Crippen LogP contribution in [0, 0.1) is 12.3 Å². The van der Waals surface area contributed by atoms with Crippen LogP contribution in [0.2, 0.25) is 0 Å². The molecule has 1 N–H and O–H groups in total. The number of ether oxygens (including phenoxy) is 1. The highest BCUT2D eigenvalue weighted by molar-refractivity contribution is 5.42. The highest BCUT2D eigenvalue weighted by Crippen LogP contribution is 2.62. The first-order valence-electron chi connectivity index (χ1n) is 8.49. The molecule has 0 saturated heterocycles. The Hall–Kier alpha value is -1.02. The van der Waals surface area contributed by atoms with Gasteiger partial charge in [-0.05, 0) is 61.8 Å². The van der Waals surface area contributed by atoms with Crippen LogP contribution in [0.1, 0.15) is 56.6 Å². The van der Waals surface area contributed by atoms with Crippen molar-refractivity contribution in [2.45, 2.75) is 57.8 Å². The molecule has 0 atom stereocenters. The zero-order valence-corrected chi connectivity index (χ0v) is 13.8. The number of benzene rings is 1. The fourth-order valence-corrected chi connectivity index (χ4v) is 4.81. The largest absolute Gasteiger partial charge is 0.496 e. The second-order valence-electron chi connectivity index (χ2n) is 7.31. The van der Waals surface area contributed by atoms with Gasteiger partial charge in [0.2, 0.25) is 0 Å². The molecule has 0 amide bonds. The third-order valence-corrected chi connectivity index (χ3v) is 5.82. The molecule has 2 aliphatic carbocycles. The van der Waals surface area contributed by atoms with Gasteiger partial charge in [-0.2, -0.15) is 0 Å². The molecular weight excluding hydrogens is 258 g/mol. The van der Waals surface area contributed by atoms with Gasteiger partial charge < -0.3 is 10.1 Å². The zero-order valence-electron chi connectivity index (χ0n) is 13.8. The lowest BCUT2D eigenvalue weighted by Gasteiger charge is -2.56. The molecule has 0 bridgehead atoms. The van der Waals surface area contributed by atoms with Crippen molar-refractivity contribution >= 4 is 0 Å². The van der Waals surface area contributed by atoms with E-state index in [4.69, 9.17) is 4.74 Å². The van der Waals surface area contributed by atoms with Gasteiger partial charge in [-0.1, -0.05) is 31.9 Å². The molecule has 1 aromatic rings. The maximum atomic E-state index is 5.55. The third-order valence-electron chi connectivity index (χ3n) is 5.82. The third kappa shape index (κ3) is 2.59. The first kappa shape index (κ1) is 14.9. The number of likely N-dealkylation sites (N-methyl/N-ethyl adjacent to an activating group) is 1. The van der Waals surface area contributed by atoms with Crippen molar-refractivity contribution in [3.05, 3.63) is 29.3 Å². The molecule has 3 rings (SSSR count). The van der Waals surface area contributed by atoms with E-state index in [0.717, 1.165) is 18.8 Å². The second kappa shape index (κ2) is 5.64. The van der Waals surface area contributed by atoms with Gasteiger partial charge in [0.05, 0.1) is 7.11 Å². The number of nitrogens with one attached hydrogen (secondary N) is 1. The lowest BCUT2D eigenvalue weighted by atomic mass is 9.49. The SMILES string of the molecule is CCNCC1(c2ccc(C)c(OC)c2)CC2(CCCC2)C1. The van der Waals surface area contributed by atoms with Crippen LogP contribution in [0.3, 0.4) is 0 Å². The number of hydrogen-bond acceptors (Lipinski definition) is 2.